The van der Waals surface area contributed by atoms with E-state index in [0.717, 1.165) is 33.6 Å². The van der Waals surface area contributed by atoms with E-state index < -0.39 is 0 Å². The maximum Gasteiger partial charge on any atom is 0.188 e. The zero-order chi connectivity index (χ0) is 14.1. The Morgan fingerprint density at radius 2 is 2.10 bits per heavy atom. The van der Waals surface area contributed by atoms with Crippen molar-refractivity contribution in [3.63, 3.8) is 0 Å². The largest absolute Gasteiger partial charge is 0.316 e. The summed E-state index contributed by atoms with van der Waals surface area (Å²) < 4.78 is 1.85. The van der Waals surface area contributed by atoms with Crippen LogP contribution in [0.25, 0.3) is 11.4 Å². The number of aryl methyl sites for hydroxylation is 3. The second-order valence-electron chi connectivity index (χ2n) is 4.68. The molecule has 6 heteroatoms. The molecule has 3 aromatic heterocycles. The van der Waals surface area contributed by atoms with Crippen LogP contribution in [0.2, 0.25) is 0 Å². The molecule has 0 saturated heterocycles. The molecule has 0 aliphatic carbocycles. The summed E-state index contributed by atoms with van der Waals surface area (Å²) in [5.74, 6) is 0.803. The first-order chi connectivity index (χ1) is 9.61. The zero-order valence-corrected chi connectivity index (χ0v) is 12.4. The van der Waals surface area contributed by atoms with E-state index in [1.807, 2.05) is 55.4 Å². The molecule has 0 radical (unpaired) electrons. The topological polar surface area (TPSA) is 55.6 Å². The first-order valence-electron chi connectivity index (χ1n) is 6.28. The Balaban J connectivity index is 1.83. The zero-order valence-electron chi connectivity index (χ0n) is 11.6. The van der Waals surface area contributed by atoms with Crippen molar-refractivity contribution in [1.29, 1.82) is 0 Å². The second kappa shape index (κ2) is 5.05. The number of hydrogen-bond donors (Lipinski definition) is 1. The number of nitrogens with one attached hydrogen (secondary N) is 1. The van der Waals surface area contributed by atoms with E-state index in [4.69, 9.17) is 0 Å². The van der Waals surface area contributed by atoms with Gasteiger partial charge in [-0.05, 0) is 31.5 Å². The quantitative estimate of drug-likeness (QED) is 0.802. The first kappa shape index (κ1) is 12.8. The predicted octanol–water partition coefficient (Wildman–Crippen LogP) is 3.30. The Bertz CT molecular complexity index is 726. The number of rotatable bonds is 3. The van der Waals surface area contributed by atoms with Crippen LogP contribution >= 0.6 is 11.3 Å². The molecule has 3 aromatic rings. The fourth-order valence-corrected chi connectivity index (χ4v) is 2.66. The Morgan fingerprint density at radius 3 is 2.75 bits per heavy atom. The molecule has 0 unspecified atom stereocenters. The van der Waals surface area contributed by atoms with E-state index in [0.29, 0.717) is 0 Å². The van der Waals surface area contributed by atoms with Crippen LogP contribution < -0.4 is 5.32 Å². The molecule has 3 rings (SSSR count). The molecule has 0 fully saturated rings. The van der Waals surface area contributed by atoms with Gasteiger partial charge in [0.15, 0.2) is 5.13 Å². The van der Waals surface area contributed by atoms with E-state index in [-0.39, 0.29) is 0 Å². The van der Waals surface area contributed by atoms with E-state index in [2.05, 4.69) is 20.4 Å². The molecule has 3 heterocycles. The van der Waals surface area contributed by atoms with Gasteiger partial charge in [-0.1, -0.05) is 6.07 Å². The van der Waals surface area contributed by atoms with Crippen molar-refractivity contribution in [3.8, 4) is 11.4 Å². The Morgan fingerprint density at radius 1 is 1.25 bits per heavy atom. The molecule has 20 heavy (non-hydrogen) atoms. The van der Waals surface area contributed by atoms with Crippen molar-refractivity contribution < 1.29 is 0 Å². The van der Waals surface area contributed by atoms with E-state index in [1.54, 1.807) is 11.3 Å². The SMILES string of the molecule is Cc1ccc(Nc2nc(-c3cc(C)nn3C)cs2)nc1. The number of nitrogens with zero attached hydrogens (tertiary/aromatic N) is 4. The van der Waals surface area contributed by atoms with Gasteiger partial charge in [-0.25, -0.2) is 9.97 Å². The van der Waals surface area contributed by atoms with Crippen molar-refractivity contribution in [2.45, 2.75) is 13.8 Å². The molecule has 0 saturated carbocycles. The monoisotopic (exact) mass is 285 g/mol. The smallest absolute Gasteiger partial charge is 0.188 e. The highest BCUT2D eigenvalue weighted by molar-refractivity contribution is 7.14. The van der Waals surface area contributed by atoms with Crippen LogP contribution in [0.4, 0.5) is 10.9 Å². The molecule has 1 N–H and O–H groups in total. The highest BCUT2D eigenvalue weighted by Crippen LogP contribution is 2.26. The lowest BCUT2D eigenvalue weighted by molar-refractivity contribution is 0.762. The minimum atomic E-state index is 0.803. The summed E-state index contributed by atoms with van der Waals surface area (Å²) in [6, 6.07) is 6.00. The van der Waals surface area contributed by atoms with Gasteiger partial charge < -0.3 is 5.32 Å². The number of thiazole rings is 1. The second-order valence-corrected chi connectivity index (χ2v) is 5.54. The van der Waals surface area contributed by atoms with Gasteiger partial charge in [-0.3, -0.25) is 4.68 Å². The van der Waals surface area contributed by atoms with E-state index in [9.17, 15) is 0 Å². The normalized spacial score (nSPS) is 10.8. The van der Waals surface area contributed by atoms with Gasteiger partial charge in [0.2, 0.25) is 0 Å². The van der Waals surface area contributed by atoms with Crippen molar-refractivity contribution in [2.24, 2.45) is 7.05 Å². The van der Waals surface area contributed by atoms with Crippen molar-refractivity contribution in [1.82, 2.24) is 19.7 Å². The Labute approximate surface area is 121 Å². The number of aromatic nitrogens is 4. The highest BCUT2D eigenvalue weighted by atomic mass is 32.1. The van der Waals surface area contributed by atoms with Gasteiger partial charge in [-0.2, -0.15) is 5.10 Å². The van der Waals surface area contributed by atoms with Crippen molar-refractivity contribution in [3.05, 3.63) is 41.0 Å². The molecule has 0 bridgehead atoms. The lowest BCUT2D eigenvalue weighted by atomic mass is 10.3. The van der Waals surface area contributed by atoms with Crippen molar-refractivity contribution in [2.75, 3.05) is 5.32 Å². The van der Waals surface area contributed by atoms with Gasteiger partial charge in [-0.15, -0.1) is 11.3 Å². The van der Waals surface area contributed by atoms with Crippen LogP contribution in [0.5, 0.6) is 0 Å². The summed E-state index contributed by atoms with van der Waals surface area (Å²) in [5, 5.41) is 10.4. The summed E-state index contributed by atoms with van der Waals surface area (Å²) >= 11 is 1.56. The molecule has 0 aliphatic rings. The number of anilines is 2. The highest BCUT2D eigenvalue weighted by Gasteiger charge is 2.09. The maximum atomic E-state index is 4.58. The molecule has 0 spiro atoms. The third-order valence-corrected chi connectivity index (χ3v) is 3.67. The summed E-state index contributed by atoms with van der Waals surface area (Å²) in [5.41, 5.74) is 4.07. The van der Waals surface area contributed by atoms with Gasteiger partial charge >= 0.3 is 0 Å². The lowest BCUT2D eigenvalue weighted by Gasteiger charge is -2.01. The van der Waals surface area contributed by atoms with Crippen LogP contribution in [0.15, 0.2) is 29.8 Å². The molecule has 0 atom stereocenters. The van der Waals surface area contributed by atoms with Crippen LogP contribution in [-0.2, 0) is 7.05 Å². The standard InChI is InChI=1S/C14H15N5S/c1-9-4-5-13(15-7-9)17-14-16-11(8-20-14)12-6-10(2)18-19(12)3/h4-8H,1-3H3,(H,15,16,17). The minimum Gasteiger partial charge on any atom is -0.316 e. The lowest BCUT2D eigenvalue weighted by Crippen LogP contribution is -1.95. The maximum absolute atomic E-state index is 4.58. The molecule has 0 aromatic carbocycles. The molecule has 5 nitrogen and oxygen atoms in total. The van der Waals surface area contributed by atoms with Crippen LogP contribution in [0, 0.1) is 13.8 Å². The first-order valence-corrected chi connectivity index (χ1v) is 7.16. The molecular weight excluding hydrogens is 270 g/mol. The van der Waals surface area contributed by atoms with E-state index >= 15 is 0 Å². The van der Waals surface area contributed by atoms with Crippen molar-refractivity contribution >= 4 is 22.3 Å². The molecule has 102 valence electrons. The predicted molar refractivity (Wildman–Crippen MR) is 81.3 cm³/mol. The molecular formula is C14H15N5S. The Kier molecular flexibility index (Phi) is 3.23. The van der Waals surface area contributed by atoms with Crippen LogP contribution in [0.3, 0.4) is 0 Å². The summed E-state index contributed by atoms with van der Waals surface area (Å²) in [6.45, 7) is 3.99. The average molecular weight is 285 g/mol. The summed E-state index contributed by atoms with van der Waals surface area (Å²) in [4.78, 5) is 8.89. The third-order valence-electron chi connectivity index (χ3n) is 2.91. The number of pyridine rings is 1. The third kappa shape index (κ3) is 2.55. The van der Waals surface area contributed by atoms with Crippen LogP contribution in [-0.4, -0.2) is 19.7 Å². The van der Waals surface area contributed by atoms with Gasteiger partial charge in [0.25, 0.3) is 0 Å². The number of hydrogen-bond acceptors (Lipinski definition) is 5. The van der Waals surface area contributed by atoms with Gasteiger partial charge in [0.1, 0.15) is 11.5 Å². The molecule has 0 aliphatic heterocycles. The minimum absolute atomic E-state index is 0.803. The van der Waals surface area contributed by atoms with Crippen LogP contribution in [0.1, 0.15) is 11.3 Å². The summed E-state index contributed by atoms with van der Waals surface area (Å²) in [7, 11) is 1.93. The fraction of sp³-hybridized carbons (Fsp3) is 0.214. The fourth-order valence-electron chi connectivity index (χ4n) is 1.95. The molecule has 0 amide bonds. The Hall–Kier alpha value is -2.21. The van der Waals surface area contributed by atoms with Gasteiger partial charge in [0, 0.05) is 18.6 Å². The summed E-state index contributed by atoms with van der Waals surface area (Å²) in [6.07, 6.45) is 1.83. The average Bonchev–Trinajstić information content (AvgIpc) is 2.99. The van der Waals surface area contributed by atoms with E-state index in [1.165, 1.54) is 0 Å². The van der Waals surface area contributed by atoms with Gasteiger partial charge in [0.05, 0.1) is 11.4 Å².